The minimum Gasteiger partial charge on any atom is -0.352 e. The van der Waals surface area contributed by atoms with Gasteiger partial charge in [0.1, 0.15) is 0 Å². The molecule has 0 saturated carbocycles. The third-order valence-electron chi connectivity index (χ3n) is 3.13. The van der Waals surface area contributed by atoms with Crippen LogP contribution in [-0.2, 0) is 0 Å². The van der Waals surface area contributed by atoms with Gasteiger partial charge in [-0.1, -0.05) is 15.9 Å². The first-order chi connectivity index (χ1) is 8.16. The summed E-state index contributed by atoms with van der Waals surface area (Å²) >= 11 is 3.43. The van der Waals surface area contributed by atoms with Crippen molar-refractivity contribution in [2.24, 2.45) is 5.92 Å². The lowest BCUT2D eigenvalue weighted by Crippen LogP contribution is -2.30. The smallest absolute Gasteiger partial charge is 0.251 e. The van der Waals surface area contributed by atoms with E-state index in [-0.39, 0.29) is 18.3 Å². The van der Waals surface area contributed by atoms with Gasteiger partial charge in [0.05, 0.1) is 0 Å². The van der Waals surface area contributed by atoms with E-state index in [2.05, 4.69) is 26.6 Å². The van der Waals surface area contributed by atoms with Crippen LogP contribution in [0.1, 0.15) is 22.3 Å². The number of hydrogen-bond donors (Lipinski definition) is 2. The number of hydrogen-bond acceptors (Lipinski definition) is 2. The average molecular weight is 334 g/mol. The summed E-state index contributed by atoms with van der Waals surface area (Å²) < 4.78 is 1.04. The monoisotopic (exact) mass is 332 g/mol. The molecule has 0 radical (unpaired) electrons. The Morgan fingerprint density at radius 3 is 2.94 bits per heavy atom. The lowest BCUT2D eigenvalue weighted by atomic mass is 10.1. The topological polar surface area (TPSA) is 41.1 Å². The molecule has 1 amide bonds. The molecule has 100 valence electrons. The third-order valence-corrected chi connectivity index (χ3v) is 4.02. The van der Waals surface area contributed by atoms with Gasteiger partial charge >= 0.3 is 0 Å². The average Bonchev–Trinajstić information content (AvgIpc) is 2.82. The first kappa shape index (κ1) is 15.5. The van der Waals surface area contributed by atoms with Crippen LogP contribution in [0.3, 0.4) is 0 Å². The molecule has 3 nitrogen and oxygen atoms in total. The second-order valence-corrected chi connectivity index (χ2v) is 5.39. The van der Waals surface area contributed by atoms with Crippen LogP contribution < -0.4 is 10.6 Å². The van der Waals surface area contributed by atoms with Crippen molar-refractivity contribution in [2.75, 3.05) is 19.6 Å². The third kappa shape index (κ3) is 3.97. The highest BCUT2D eigenvalue weighted by molar-refractivity contribution is 9.10. The Labute approximate surface area is 122 Å². The number of nitrogens with one attached hydrogen (secondary N) is 2. The van der Waals surface area contributed by atoms with E-state index in [9.17, 15) is 4.79 Å². The molecule has 0 aliphatic carbocycles. The molecule has 2 rings (SSSR count). The largest absolute Gasteiger partial charge is 0.352 e. The molecule has 1 saturated heterocycles. The molecule has 18 heavy (non-hydrogen) atoms. The summed E-state index contributed by atoms with van der Waals surface area (Å²) in [6.07, 6.45) is 1.15. The summed E-state index contributed by atoms with van der Waals surface area (Å²) in [4.78, 5) is 11.9. The molecule has 1 aliphatic rings. The lowest BCUT2D eigenvalue weighted by molar-refractivity contribution is 0.0948. The summed E-state index contributed by atoms with van der Waals surface area (Å²) in [6, 6.07) is 5.67. The van der Waals surface area contributed by atoms with Crippen LogP contribution >= 0.6 is 28.3 Å². The molecule has 1 atom stereocenters. The molecular weight excluding hydrogens is 316 g/mol. The van der Waals surface area contributed by atoms with E-state index in [1.165, 1.54) is 0 Å². The highest BCUT2D eigenvalue weighted by Gasteiger charge is 2.15. The van der Waals surface area contributed by atoms with E-state index in [0.29, 0.717) is 5.92 Å². The van der Waals surface area contributed by atoms with Crippen molar-refractivity contribution in [1.82, 2.24) is 10.6 Å². The first-order valence-electron chi connectivity index (χ1n) is 5.92. The zero-order chi connectivity index (χ0) is 12.3. The summed E-state index contributed by atoms with van der Waals surface area (Å²) in [5, 5.41) is 6.29. The minimum absolute atomic E-state index is 0. The van der Waals surface area contributed by atoms with E-state index in [1.807, 2.05) is 25.1 Å². The number of amides is 1. The standard InChI is InChI=1S/C13H17BrN2O.ClH/c1-9-6-11(2-3-12(9)14)13(17)16-8-10-4-5-15-7-10;/h2-3,6,10,15H,4-5,7-8H2,1H3,(H,16,17);1H. The van der Waals surface area contributed by atoms with Crippen molar-refractivity contribution in [3.05, 3.63) is 33.8 Å². The molecule has 1 aromatic rings. The van der Waals surface area contributed by atoms with Gasteiger partial charge in [-0.2, -0.15) is 0 Å². The van der Waals surface area contributed by atoms with Gasteiger partial charge in [-0.3, -0.25) is 4.79 Å². The fourth-order valence-corrected chi connectivity index (χ4v) is 2.26. The molecule has 2 N–H and O–H groups in total. The highest BCUT2D eigenvalue weighted by atomic mass is 79.9. The second-order valence-electron chi connectivity index (χ2n) is 4.53. The number of halogens is 2. The molecule has 1 aliphatic heterocycles. The van der Waals surface area contributed by atoms with Crippen molar-refractivity contribution in [3.8, 4) is 0 Å². The number of benzene rings is 1. The van der Waals surface area contributed by atoms with Gasteiger partial charge in [0.2, 0.25) is 0 Å². The van der Waals surface area contributed by atoms with Crippen LogP contribution in [0.4, 0.5) is 0 Å². The summed E-state index contributed by atoms with van der Waals surface area (Å²) in [5.74, 6) is 0.600. The van der Waals surface area contributed by atoms with Crippen LogP contribution in [0.2, 0.25) is 0 Å². The number of carbonyl (C=O) groups is 1. The van der Waals surface area contributed by atoms with Crippen LogP contribution in [0.5, 0.6) is 0 Å². The number of carbonyl (C=O) groups excluding carboxylic acids is 1. The number of rotatable bonds is 3. The molecule has 0 spiro atoms. The Balaban J connectivity index is 0.00000162. The van der Waals surface area contributed by atoms with Gasteiger partial charge < -0.3 is 10.6 Å². The zero-order valence-corrected chi connectivity index (χ0v) is 12.7. The zero-order valence-electron chi connectivity index (χ0n) is 10.3. The van der Waals surface area contributed by atoms with E-state index < -0.39 is 0 Å². The predicted octanol–water partition coefficient (Wildman–Crippen LogP) is 2.52. The Hall–Kier alpha value is -0.580. The lowest BCUT2D eigenvalue weighted by Gasteiger charge is -2.10. The Morgan fingerprint density at radius 2 is 2.33 bits per heavy atom. The fraction of sp³-hybridized carbons (Fsp3) is 0.462. The summed E-state index contributed by atoms with van der Waals surface area (Å²) in [6.45, 7) is 4.83. The van der Waals surface area contributed by atoms with Gasteiger partial charge in [-0.25, -0.2) is 0 Å². The van der Waals surface area contributed by atoms with Gasteiger partial charge in [-0.15, -0.1) is 12.4 Å². The van der Waals surface area contributed by atoms with Crippen molar-refractivity contribution in [2.45, 2.75) is 13.3 Å². The number of aryl methyl sites for hydroxylation is 1. The molecule has 1 fully saturated rings. The molecule has 0 aromatic heterocycles. The molecule has 1 unspecified atom stereocenters. The van der Waals surface area contributed by atoms with E-state index in [4.69, 9.17) is 0 Å². The predicted molar refractivity (Wildman–Crippen MR) is 79.4 cm³/mol. The Bertz CT molecular complexity index is 419. The molecule has 1 aromatic carbocycles. The summed E-state index contributed by atoms with van der Waals surface area (Å²) in [7, 11) is 0. The van der Waals surface area contributed by atoms with E-state index >= 15 is 0 Å². The van der Waals surface area contributed by atoms with Gasteiger partial charge in [0, 0.05) is 16.6 Å². The van der Waals surface area contributed by atoms with Crippen molar-refractivity contribution < 1.29 is 4.79 Å². The Kier molecular flexibility index (Phi) is 6.12. The molecule has 5 heteroatoms. The quantitative estimate of drug-likeness (QED) is 0.892. The van der Waals surface area contributed by atoms with Gasteiger partial charge in [0.25, 0.3) is 5.91 Å². The molecule has 1 heterocycles. The van der Waals surface area contributed by atoms with Crippen molar-refractivity contribution in [3.63, 3.8) is 0 Å². The SMILES string of the molecule is Cc1cc(C(=O)NCC2CCNC2)ccc1Br.Cl. The van der Waals surface area contributed by atoms with Crippen molar-refractivity contribution in [1.29, 1.82) is 0 Å². The Morgan fingerprint density at radius 1 is 1.56 bits per heavy atom. The fourth-order valence-electron chi connectivity index (χ4n) is 2.01. The minimum atomic E-state index is 0. The van der Waals surface area contributed by atoms with Crippen LogP contribution in [0, 0.1) is 12.8 Å². The maximum atomic E-state index is 11.9. The van der Waals surface area contributed by atoms with Gasteiger partial charge in [-0.05, 0) is 56.1 Å². The van der Waals surface area contributed by atoms with Crippen LogP contribution in [0.15, 0.2) is 22.7 Å². The summed E-state index contributed by atoms with van der Waals surface area (Å²) in [5.41, 5.74) is 1.82. The second kappa shape index (κ2) is 7.12. The molecular formula is C13H18BrClN2O. The van der Waals surface area contributed by atoms with E-state index in [0.717, 1.165) is 41.7 Å². The van der Waals surface area contributed by atoms with Crippen LogP contribution in [-0.4, -0.2) is 25.5 Å². The maximum Gasteiger partial charge on any atom is 0.251 e. The van der Waals surface area contributed by atoms with Crippen LogP contribution in [0.25, 0.3) is 0 Å². The van der Waals surface area contributed by atoms with Crippen molar-refractivity contribution >= 4 is 34.2 Å². The maximum absolute atomic E-state index is 11.9. The molecule has 0 bridgehead atoms. The highest BCUT2D eigenvalue weighted by Crippen LogP contribution is 2.17. The van der Waals surface area contributed by atoms with Gasteiger partial charge in [0.15, 0.2) is 0 Å². The van der Waals surface area contributed by atoms with E-state index in [1.54, 1.807) is 0 Å². The normalized spacial score (nSPS) is 18.2. The first-order valence-corrected chi connectivity index (χ1v) is 6.71.